The summed E-state index contributed by atoms with van der Waals surface area (Å²) in [6.45, 7) is 4.31. The lowest BCUT2D eigenvalue weighted by Crippen LogP contribution is -1.89. The summed E-state index contributed by atoms with van der Waals surface area (Å²) in [5, 5.41) is 0. The van der Waals surface area contributed by atoms with Crippen LogP contribution in [-0.2, 0) is 12.8 Å². The van der Waals surface area contributed by atoms with Crippen LogP contribution < -0.4 is 0 Å². The van der Waals surface area contributed by atoms with Crippen molar-refractivity contribution >= 4 is 0 Å². The number of rotatable bonds is 6. The maximum atomic E-state index is 14.2. The predicted octanol–water partition coefficient (Wildman–Crippen LogP) is 7.31. The molecule has 1 heteroatoms. The molecule has 3 aromatic rings. The zero-order chi connectivity index (χ0) is 21.9. The molecule has 0 bridgehead atoms. The van der Waals surface area contributed by atoms with Crippen LogP contribution in [0.5, 0.6) is 0 Å². The molecular weight excluding hydrogens is 379 g/mol. The first-order valence-electron chi connectivity index (χ1n) is 11.2. The molecule has 0 saturated heterocycles. The van der Waals surface area contributed by atoms with Gasteiger partial charge in [-0.3, -0.25) is 0 Å². The van der Waals surface area contributed by atoms with Gasteiger partial charge < -0.3 is 0 Å². The van der Waals surface area contributed by atoms with E-state index in [1.165, 1.54) is 24.8 Å². The molecule has 0 radical (unpaired) electrons. The highest BCUT2D eigenvalue weighted by Crippen LogP contribution is 2.12. The van der Waals surface area contributed by atoms with Gasteiger partial charge in [0, 0.05) is 16.7 Å². The highest BCUT2D eigenvalue weighted by molar-refractivity contribution is 5.48. The first-order valence-corrected chi connectivity index (χ1v) is 11.2. The molecule has 0 aliphatic heterocycles. The predicted molar refractivity (Wildman–Crippen MR) is 128 cm³/mol. The Kier molecular flexibility index (Phi) is 8.51. The fourth-order valence-corrected chi connectivity index (χ4v) is 3.36. The summed E-state index contributed by atoms with van der Waals surface area (Å²) in [6.07, 6.45) is 6.80. The van der Waals surface area contributed by atoms with Crippen LogP contribution in [0.3, 0.4) is 0 Å². The van der Waals surface area contributed by atoms with Crippen LogP contribution in [0.2, 0.25) is 0 Å². The van der Waals surface area contributed by atoms with Crippen LogP contribution in [0, 0.1) is 29.5 Å². The molecule has 0 N–H and O–H groups in total. The van der Waals surface area contributed by atoms with Gasteiger partial charge in [0.05, 0.1) is 5.56 Å². The van der Waals surface area contributed by atoms with Crippen molar-refractivity contribution in [3.63, 3.8) is 0 Å². The normalized spacial score (nSPS) is 10.0. The number of hydrogen-bond acceptors (Lipinski definition) is 0. The molecule has 3 aromatic carbocycles. The fraction of sp³-hybridized carbons (Fsp3) is 0.267. The Labute approximate surface area is 186 Å². The first kappa shape index (κ1) is 22.4. The number of halogens is 1. The highest BCUT2D eigenvalue weighted by atomic mass is 19.1. The van der Waals surface area contributed by atoms with Gasteiger partial charge in [-0.05, 0) is 78.9 Å². The summed E-state index contributed by atoms with van der Waals surface area (Å²) < 4.78 is 14.2. The van der Waals surface area contributed by atoms with Crippen LogP contribution >= 0.6 is 0 Å². The molecule has 0 nitrogen and oxygen atoms in total. The third kappa shape index (κ3) is 7.16. The van der Waals surface area contributed by atoms with Crippen molar-refractivity contribution in [2.45, 2.75) is 52.4 Å². The second kappa shape index (κ2) is 11.8. The molecule has 0 aromatic heterocycles. The lowest BCUT2D eigenvalue weighted by atomic mass is 10.1. The lowest BCUT2D eigenvalue weighted by Gasteiger charge is -2.00. The van der Waals surface area contributed by atoms with Crippen molar-refractivity contribution < 1.29 is 4.39 Å². The van der Waals surface area contributed by atoms with Gasteiger partial charge in [-0.25, -0.2) is 4.39 Å². The van der Waals surface area contributed by atoms with Crippen molar-refractivity contribution in [2.24, 2.45) is 0 Å². The van der Waals surface area contributed by atoms with Crippen LogP contribution in [0.1, 0.15) is 72.9 Å². The van der Waals surface area contributed by atoms with Gasteiger partial charge in [0.25, 0.3) is 0 Å². The first-order chi connectivity index (χ1) is 15.2. The summed E-state index contributed by atoms with van der Waals surface area (Å²) in [4.78, 5) is 0. The van der Waals surface area contributed by atoms with E-state index in [2.05, 4.69) is 61.8 Å². The minimum atomic E-state index is -0.252. The molecule has 0 aliphatic rings. The third-order valence-corrected chi connectivity index (χ3v) is 5.17. The average molecular weight is 409 g/mol. The van der Waals surface area contributed by atoms with Gasteiger partial charge in [-0.15, -0.1) is 0 Å². The maximum Gasteiger partial charge on any atom is 0.139 e. The second-order valence-corrected chi connectivity index (χ2v) is 7.80. The van der Waals surface area contributed by atoms with Crippen LogP contribution in [0.25, 0.3) is 0 Å². The Balaban J connectivity index is 1.62. The topological polar surface area (TPSA) is 0 Å². The summed E-state index contributed by atoms with van der Waals surface area (Å²) >= 11 is 0. The Morgan fingerprint density at radius 3 is 1.68 bits per heavy atom. The van der Waals surface area contributed by atoms with Gasteiger partial charge in [0.15, 0.2) is 0 Å². The van der Waals surface area contributed by atoms with Crippen molar-refractivity contribution in [2.75, 3.05) is 0 Å². The highest BCUT2D eigenvalue weighted by Gasteiger charge is 2.01. The molecule has 0 amide bonds. The zero-order valence-electron chi connectivity index (χ0n) is 18.5. The molecule has 0 unspecified atom stereocenters. The Bertz CT molecular complexity index is 1100. The minimum absolute atomic E-state index is 0.252. The largest absolute Gasteiger partial charge is 0.206 e. The van der Waals surface area contributed by atoms with Crippen molar-refractivity contribution in [1.29, 1.82) is 0 Å². The quantitative estimate of drug-likeness (QED) is 0.296. The number of hydrogen-bond donors (Lipinski definition) is 0. The molecule has 156 valence electrons. The van der Waals surface area contributed by atoms with Crippen molar-refractivity contribution in [3.8, 4) is 23.7 Å². The van der Waals surface area contributed by atoms with Crippen LogP contribution in [-0.4, -0.2) is 0 Å². The van der Waals surface area contributed by atoms with Gasteiger partial charge in [0.2, 0.25) is 0 Å². The van der Waals surface area contributed by atoms with Crippen molar-refractivity contribution in [1.82, 2.24) is 0 Å². The number of benzene rings is 3. The van der Waals surface area contributed by atoms with E-state index in [-0.39, 0.29) is 5.82 Å². The van der Waals surface area contributed by atoms with E-state index in [9.17, 15) is 4.39 Å². The maximum absolute atomic E-state index is 14.2. The second-order valence-electron chi connectivity index (χ2n) is 7.80. The lowest BCUT2D eigenvalue weighted by molar-refractivity contribution is 0.621. The van der Waals surface area contributed by atoms with E-state index in [4.69, 9.17) is 0 Å². The molecular formula is C30H29F. The molecule has 31 heavy (non-hydrogen) atoms. The fourth-order valence-electron chi connectivity index (χ4n) is 3.36. The summed E-state index contributed by atoms with van der Waals surface area (Å²) in [7, 11) is 0. The van der Waals surface area contributed by atoms with Gasteiger partial charge >= 0.3 is 0 Å². The third-order valence-electron chi connectivity index (χ3n) is 5.17. The molecule has 0 fully saturated rings. The van der Waals surface area contributed by atoms with Crippen molar-refractivity contribution in [3.05, 3.63) is 106 Å². The van der Waals surface area contributed by atoms with E-state index >= 15 is 0 Å². The average Bonchev–Trinajstić information content (AvgIpc) is 2.79. The van der Waals surface area contributed by atoms with E-state index in [1.807, 2.05) is 30.3 Å². The summed E-state index contributed by atoms with van der Waals surface area (Å²) in [6, 6.07) is 21.6. The SMILES string of the molecule is CCCCCc1ccc(C#Cc2ccc(C#Cc3ccc(CCC)cc3F)cc2)cc1. The van der Waals surface area contributed by atoms with Crippen LogP contribution in [0.15, 0.2) is 66.7 Å². The summed E-state index contributed by atoms with van der Waals surface area (Å²) in [5.74, 6) is 12.2. The Morgan fingerprint density at radius 2 is 1.13 bits per heavy atom. The molecule has 0 saturated carbocycles. The van der Waals surface area contributed by atoms with Crippen LogP contribution in [0.4, 0.5) is 4.39 Å². The van der Waals surface area contributed by atoms with Gasteiger partial charge in [-0.2, -0.15) is 0 Å². The van der Waals surface area contributed by atoms with E-state index in [0.717, 1.165) is 41.5 Å². The minimum Gasteiger partial charge on any atom is -0.206 e. The molecule has 0 heterocycles. The molecule has 0 atom stereocenters. The molecule has 0 aliphatic carbocycles. The number of unbranched alkanes of at least 4 members (excludes halogenated alkanes) is 2. The summed E-state index contributed by atoms with van der Waals surface area (Å²) in [5.41, 5.74) is 5.62. The monoisotopic (exact) mass is 408 g/mol. The molecule has 3 rings (SSSR count). The van der Waals surface area contributed by atoms with Gasteiger partial charge in [0.1, 0.15) is 5.82 Å². The molecule has 0 spiro atoms. The standard InChI is InChI=1S/C30H29F/c1-3-5-6-8-24-9-11-25(12-10-24)13-14-26-15-17-27(18-16-26)19-21-29-22-20-28(7-4-2)23-30(29)31/h9-12,15-18,20,22-23H,3-8H2,1-2H3. The van der Waals surface area contributed by atoms with E-state index in [1.54, 1.807) is 12.1 Å². The zero-order valence-corrected chi connectivity index (χ0v) is 18.5. The Morgan fingerprint density at radius 1 is 0.581 bits per heavy atom. The van der Waals surface area contributed by atoms with Gasteiger partial charge in [-0.1, -0.05) is 75.0 Å². The van der Waals surface area contributed by atoms with E-state index in [0.29, 0.717) is 5.56 Å². The van der Waals surface area contributed by atoms with E-state index < -0.39 is 0 Å². The smallest absolute Gasteiger partial charge is 0.139 e. The number of aryl methyl sites for hydroxylation is 2. The Hall–Kier alpha value is -3.29.